The summed E-state index contributed by atoms with van der Waals surface area (Å²) in [6.07, 6.45) is -0.190. The lowest BCUT2D eigenvalue weighted by atomic mass is 9.52. The Bertz CT molecular complexity index is 1230. The van der Waals surface area contributed by atoms with Gasteiger partial charge in [0.2, 0.25) is 5.91 Å². The molecular formula is C29H42N4O7. The van der Waals surface area contributed by atoms with Gasteiger partial charge in [-0.2, -0.15) is 0 Å². The van der Waals surface area contributed by atoms with Gasteiger partial charge in [-0.25, -0.2) is 0 Å². The number of nitrogens with two attached hydrogens (primary N) is 1. The minimum atomic E-state index is -2.67. The van der Waals surface area contributed by atoms with Crippen LogP contribution < -0.4 is 16.0 Å². The van der Waals surface area contributed by atoms with Crippen LogP contribution in [-0.4, -0.2) is 96.0 Å². The van der Waals surface area contributed by atoms with E-state index in [9.17, 15) is 34.5 Å². The molecule has 220 valence electrons. The molecule has 2 fully saturated rings. The molecule has 1 aromatic rings. The Kier molecular flexibility index (Phi) is 8.16. The number of nitrogens with one attached hydrogen (secondary N) is 1. The third-order valence-electron chi connectivity index (χ3n) is 9.33. The zero-order valence-corrected chi connectivity index (χ0v) is 24.1. The number of hydrogen-bond acceptors (Lipinski definition) is 10. The Morgan fingerprint density at radius 2 is 1.85 bits per heavy atom. The topological polar surface area (TPSA) is 174 Å². The molecule has 40 heavy (non-hydrogen) atoms. The van der Waals surface area contributed by atoms with Crippen molar-refractivity contribution in [3.63, 3.8) is 0 Å². The molecule has 0 bridgehead atoms. The van der Waals surface area contributed by atoms with Crippen molar-refractivity contribution in [1.82, 2.24) is 10.2 Å². The molecule has 0 radical (unpaired) electrons. The third-order valence-corrected chi connectivity index (χ3v) is 9.33. The first-order valence-corrected chi connectivity index (χ1v) is 13.9. The lowest BCUT2D eigenvalue weighted by Gasteiger charge is -2.55. The van der Waals surface area contributed by atoms with Gasteiger partial charge in [0.05, 0.1) is 17.6 Å². The second-order valence-electron chi connectivity index (χ2n) is 12.3. The highest BCUT2D eigenvalue weighted by Crippen LogP contribution is 2.52. The first-order valence-electron chi connectivity index (χ1n) is 13.9. The van der Waals surface area contributed by atoms with Crippen LogP contribution in [0.15, 0.2) is 6.07 Å². The maximum Gasteiger partial charge on any atom is 0.230 e. The standard InChI is InChI=1S/C29H42N4O7/c1-7-13(2)11-31-12-15-10-18(32(3)4)16-8-14-9-17-22(33(5)6)25(36)21(28(30)39)27(38)29(17,40)26(37)19(14)24(35)20(16)23(15)34/h10,13-14,17,19,21-22,25,31,34,36,40H,7-9,11-12H2,1-6H3,(H2,30,39)/t13?,14-,17-,19?,21?,22-,25?,29-/m1/s1. The molecule has 8 atom stereocenters. The number of likely N-dealkylation sites (N-methyl/N-ethyl adjacent to an activating group) is 1. The molecule has 0 aliphatic heterocycles. The molecule has 3 aliphatic carbocycles. The molecule has 0 spiro atoms. The van der Waals surface area contributed by atoms with Crippen molar-refractivity contribution < 1.29 is 34.5 Å². The first kappa shape index (κ1) is 30.1. The maximum absolute atomic E-state index is 14.1. The Balaban J connectivity index is 1.81. The number of phenols is 1. The quantitative estimate of drug-likeness (QED) is 0.270. The molecule has 11 heteroatoms. The van der Waals surface area contributed by atoms with Crippen molar-refractivity contribution in [2.24, 2.45) is 35.3 Å². The van der Waals surface area contributed by atoms with E-state index < -0.39 is 64.7 Å². The van der Waals surface area contributed by atoms with Crippen molar-refractivity contribution in [3.8, 4) is 5.75 Å². The summed E-state index contributed by atoms with van der Waals surface area (Å²) in [6.45, 7) is 5.23. The number of nitrogens with zero attached hydrogens (tertiary/aromatic N) is 2. The second kappa shape index (κ2) is 10.8. The SMILES string of the molecule is CCC(C)CNCc1cc(N(C)C)c2c(c1O)C(=O)C1C(=O)[C@@]3(O)C(=O)C(C(N)=O)C(O)[C@H](N(C)C)[C@H]3C[C@H]1C2. The predicted octanol–water partition coefficient (Wildman–Crippen LogP) is -0.139. The van der Waals surface area contributed by atoms with Crippen LogP contribution in [0.1, 0.15) is 48.2 Å². The summed E-state index contributed by atoms with van der Waals surface area (Å²) in [4.78, 5) is 57.2. The van der Waals surface area contributed by atoms with E-state index in [0.717, 1.165) is 18.7 Å². The highest BCUT2D eigenvalue weighted by Gasteiger charge is 2.69. The molecule has 0 aromatic heterocycles. The number of aliphatic hydroxyl groups excluding tert-OH is 1. The first-order chi connectivity index (χ1) is 18.7. The normalized spacial score (nSPS) is 32.4. The molecule has 4 rings (SSSR count). The lowest BCUT2D eigenvalue weighted by Crippen LogP contribution is -2.75. The number of carbonyl (C=O) groups excluding carboxylic acids is 4. The number of phenolic OH excluding ortho intramolecular Hbond substituents is 1. The third kappa shape index (κ3) is 4.52. The smallest absolute Gasteiger partial charge is 0.230 e. The Hall–Kier alpha value is -2.86. The summed E-state index contributed by atoms with van der Waals surface area (Å²) in [6, 6.07) is 0.919. The number of aromatic hydroxyl groups is 1. The lowest BCUT2D eigenvalue weighted by molar-refractivity contribution is -0.190. The van der Waals surface area contributed by atoms with Crippen LogP contribution >= 0.6 is 0 Å². The van der Waals surface area contributed by atoms with E-state index in [-0.39, 0.29) is 24.2 Å². The Morgan fingerprint density at radius 1 is 1.20 bits per heavy atom. The molecule has 1 aromatic carbocycles. The van der Waals surface area contributed by atoms with Gasteiger partial charge in [-0.1, -0.05) is 20.3 Å². The van der Waals surface area contributed by atoms with Gasteiger partial charge in [0.1, 0.15) is 11.7 Å². The van der Waals surface area contributed by atoms with E-state index in [1.165, 1.54) is 0 Å². The zero-order valence-electron chi connectivity index (χ0n) is 24.1. The van der Waals surface area contributed by atoms with Crippen LogP contribution in [-0.2, 0) is 27.3 Å². The number of benzene rings is 1. The molecule has 1 amide bonds. The maximum atomic E-state index is 14.1. The van der Waals surface area contributed by atoms with Crippen LogP contribution in [0.2, 0.25) is 0 Å². The number of anilines is 1. The van der Waals surface area contributed by atoms with Crippen LogP contribution in [0, 0.1) is 29.6 Å². The number of ketones is 3. The number of aliphatic hydroxyl groups is 2. The van der Waals surface area contributed by atoms with Crippen molar-refractivity contribution in [2.75, 3.05) is 39.6 Å². The van der Waals surface area contributed by atoms with E-state index in [1.807, 2.05) is 25.1 Å². The molecule has 11 nitrogen and oxygen atoms in total. The fraction of sp³-hybridized carbons (Fsp3) is 0.655. The number of amides is 1. The van der Waals surface area contributed by atoms with Crippen molar-refractivity contribution in [1.29, 1.82) is 0 Å². The van der Waals surface area contributed by atoms with E-state index in [4.69, 9.17) is 5.73 Å². The number of rotatable bonds is 8. The summed E-state index contributed by atoms with van der Waals surface area (Å²) >= 11 is 0. The summed E-state index contributed by atoms with van der Waals surface area (Å²) in [5, 5.41) is 37.4. The zero-order chi connectivity index (χ0) is 29.8. The van der Waals surface area contributed by atoms with Gasteiger partial charge in [0, 0.05) is 43.9 Å². The van der Waals surface area contributed by atoms with Gasteiger partial charge >= 0.3 is 0 Å². The van der Waals surface area contributed by atoms with Gasteiger partial charge in [-0.15, -0.1) is 0 Å². The number of hydrogen-bond donors (Lipinski definition) is 5. The molecule has 2 saturated carbocycles. The molecule has 0 heterocycles. The second-order valence-corrected chi connectivity index (χ2v) is 12.3. The summed E-state index contributed by atoms with van der Waals surface area (Å²) < 4.78 is 0. The van der Waals surface area contributed by atoms with E-state index in [0.29, 0.717) is 23.6 Å². The summed E-state index contributed by atoms with van der Waals surface area (Å²) in [7, 11) is 6.93. The Morgan fingerprint density at radius 3 is 2.40 bits per heavy atom. The molecular weight excluding hydrogens is 516 g/mol. The molecule has 0 saturated heterocycles. The fourth-order valence-electron chi connectivity index (χ4n) is 7.06. The van der Waals surface area contributed by atoms with E-state index >= 15 is 0 Å². The number of primary amides is 1. The fourth-order valence-corrected chi connectivity index (χ4v) is 7.06. The molecule has 4 unspecified atom stereocenters. The van der Waals surface area contributed by atoms with E-state index in [2.05, 4.69) is 19.2 Å². The monoisotopic (exact) mass is 558 g/mol. The summed E-state index contributed by atoms with van der Waals surface area (Å²) in [5.41, 5.74) is 4.66. The number of Topliss-reactive ketones (excluding diaryl/α,β-unsaturated/α-hetero) is 3. The summed E-state index contributed by atoms with van der Waals surface area (Å²) in [5.74, 6) is -8.55. The number of carbonyl (C=O) groups is 4. The van der Waals surface area contributed by atoms with Crippen LogP contribution in [0.25, 0.3) is 0 Å². The number of fused-ring (bicyclic) bond motifs is 3. The highest BCUT2D eigenvalue weighted by molar-refractivity contribution is 6.25. The molecule has 3 aliphatic rings. The van der Waals surface area contributed by atoms with E-state index in [1.54, 1.807) is 19.0 Å². The molecule has 6 N–H and O–H groups in total. The Labute approximate surface area is 234 Å². The minimum absolute atomic E-state index is 0.0297. The van der Waals surface area contributed by atoms with Gasteiger partial charge in [0.25, 0.3) is 0 Å². The van der Waals surface area contributed by atoms with Crippen molar-refractivity contribution in [2.45, 2.75) is 57.4 Å². The van der Waals surface area contributed by atoms with Crippen LogP contribution in [0.3, 0.4) is 0 Å². The van der Waals surface area contributed by atoms with Gasteiger partial charge < -0.3 is 36.2 Å². The van der Waals surface area contributed by atoms with Crippen LogP contribution in [0.4, 0.5) is 5.69 Å². The minimum Gasteiger partial charge on any atom is -0.507 e. The average Bonchev–Trinajstić information content (AvgIpc) is 2.86. The average molecular weight is 559 g/mol. The van der Waals surface area contributed by atoms with Gasteiger partial charge in [0.15, 0.2) is 23.0 Å². The van der Waals surface area contributed by atoms with Crippen LogP contribution in [0.5, 0.6) is 5.75 Å². The highest BCUT2D eigenvalue weighted by atomic mass is 16.3. The van der Waals surface area contributed by atoms with Gasteiger partial charge in [-0.3, -0.25) is 19.2 Å². The van der Waals surface area contributed by atoms with Crippen molar-refractivity contribution >= 4 is 28.9 Å². The van der Waals surface area contributed by atoms with Gasteiger partial charge in [-0.05, 0) is 56.9 Å². The van der Waals surface area contributed by atoms with Crippen molar-refractivity contribution in [3.05, 3.63) is 22.8 Å². The predicted molar refractivity (Wildman–Crippen MR) is 148 cm³/mol. The largest absolute Gasteiger partial charge is 0.507 e.